The number of benzene rings is 2. The Morgan fingerprint density at radius 2 is 1.92 bits per heavy atom. The fourth-order valence-corrected chi connectivity index (χ4v) is 4.65. The lowest BCUT2D eigenvalue weighted by molar-refractivity contribution is -0.118. The molecule has 1 aliphatic rings. The van der Waals surface area contributed by atoms with Crippen LogP contribution < -0.4 is 4.90 Å². The average molecular weight is 441 g/mol. The molecular formula is C18H18BrFN2O3S. The number of halogens is 2. The Morgan fingerprint density at radius 3 is 2.58 bits per heavy atom. The third-order valence-electron chi connectivity index (χ3n) is 4.41. The normalized spacial score (nSPS) is 16.8. The van der Waals surface area contributed by atoms with Gasteiger partial charge in [-0.25, -0.2) is 12.8 Å². The van der Waals surface area contributed by atoms with Gasteiger partial charge in [-0.05, 0) is 61.4 Å². The SMILES string of the molecule is CC1Cc2cc(Br)ccc2N1C(=O)CN(C)S(=O)(=O)c1ccc(F)cc1. The lowest BCUT2D eigenvalue weighted by Crippen LogP contribution is -2.43. The Bertz CT molecular complexity index is 947. The molecule has 0 N–H and O–H groups in total. The van der Waals surface area contributed by atoms with E-state index in [-0.39, 0.29) is 23.4 Å². The molecule has 138 valence electrons. The van der Waals surface area contributed by atoms with E-state index in [9.17, 15) is 17.6 Å². The number of fused-ring (bicyclic) bond motifs is 1. The third kappa shape index (κ3) is 3.54. The largest absolute Gasteiger partial charge is 0.308 e. The molecule has 3 rings (SSSR count). The zero-order chi connectivity index (χ0) is 19.1. The van der Waals surface area contributed by atoms with Crippen molar-refractivity contribution in [3.05, 3.63) is 58.3 Å². The number of hydrogen-bond acceptors (Lipinski definition) is 3. The van der Waals surface area contributed by atoms with Crippen molar-refractivity contribution in [1.29, 1.82) is 0 Å². The number of sulfonamides is 1. The highest BCUT2D eigenvalue weighted by molar-refractivity contribution is 9.10. The Balaban J connectivity index is 1.81. The number of nitrogens with zero attached hydrogens (tertiary/aromatic N) is 2. The Labute approximate surface area is 160 Å². The van der Waals surface area contributed by atoms with Crippen molar-refractivity contribution in [3.8, 4) is 0 Å². The average Bonchev–Trinajstić information content (AvgIpc) is 2.89. The topological polar surface area (TPSA) is 57.7 Å². The van der Waals surface area contributed by atoms with Crippen LogP contribution in [0.1, 0.15) is 12.5 Å². The number of rotatable bonds is 4. The van der Waals surface area contributed by atoms with Crippen LogP contribution in [-0.4, -0.2) is 38.3 Å². The summed E-state index contributed by atoms with van der Waals surface area (Å²) in [7, 11) is -2.52. The van der Waals surface area contributed by atoms with Gasteiger partial charge in [-0.1, -0.05) is 15.9 Å². The summed E-state index contributed by atoms with van der Waals surface area (Å²) in [6.07, 6.45) is 0.717. The number of likely N-dealkylation sites (N-methyl/N-ethyl adjacent to an activating group) is 1. The molecule has 2 aromatic carbocycles. The van der Waals surface area contributed by atoms with Gasteiger partial charge >= 0.3 is 0 Å². The van der Waals surface area contributed by atoms with E-state index in [1.54, 1.807) is 4.90 Å². The van der Waals surface area contributed by atoms with Crippen LogP contribution in [0.5, 0.6) is 0 Å². The minimum atomic E-state index is -3.87. The van der Waals surface area contributed by atoms with Crippen LogP contribution in [0.15, 0.2) is 51.8 Å². The van der Waals surface area contributed by atoms with E-state index in [1.807, 2.05) is 25.1 Å². The summed E-state index contributed by atoms with van der Waals surface area (Å²) >= 11 is 3.42. The summed E-state index contributed by atoms with van der Waals surface area (Å²) in [6, 6.07) is 10.2. The molecule has 0 saturated carbocycles. The number of hydrogen-bond donors (Lipinski definition) is 0. The highest BCUT2D eigenvalue weighted by Gasteiger charge is 2.33. The molecule has 8 heteroatoms. The van der Waals surface area contributed by atoms with E-state index < -0.39 is 15.8 Å². The second-order valence-corrected chi connectivity index (χ2v) is 9.27. The molecular weight excluding hydrogens is 423 g/mol. The van der Waals surface area contributed by atoms with Gasteiger partial charge in [-0.15, -0.1) is 0 Å². The summed E-state index contributed by atoms with van der Waals surface area (Å²) in [5.74, 6) is -0.817. The Kier molecular flexibility index (Phi) is 5.18. The maximum Gasteiger partial charge on any atom is 0.243 e. The number of amides is 1. The fourth-order valence-electron chi connectivity index (χ4n) is 3.12. The predicted octanol–water partition coefficient (Wildman–Crippen LogP) is 3.19. The van der Waals surface area contributed by atoms with E-state index in [1.165, 1.54) is 19.2 Å². The van der Waals surface area contributed by atoms with Gasteiger partial charge in [0, 0.05) is 23.2 Å². The second-order valence-electron chi connectivity index (χ2n) is 6.30. The minimum absolute atomic E-state index is 0.0475. The van der Waals surface area contributed by atoms with Crippen molar-refractivity contribution in [2.45, 2.75) is 24.3 Å². The predicted molar refractivity (Wildman–Crippen MR) is 101 cm³/mol. The molecule has 0 aromatic heterocycles. The van der Waals surface area contributed by atoms with Gasteiger partial charge in [0.15, 0.2) is 0 Å². The van der Waals surface area contributed by atoms with Gasteiger partial charge in [0.1, 0.15) is 5.82 Å². The van der Waals surface area contributed by atoms with Crippen LogP contribution in [0.4, 0.5) is 10.1 Å². The molecule has 1 heterocycles. The van der Waals surface area contributed by atoms with E-state index in [0.29, 0.717) is 0 Å². The highest BCUT2D eigenvalue weighted by atomic mass is 79.9. The molecule has 0 radical (unpaired) electrons. The van der Waals surface area contributed by atoms with E-state index in [4.69, 9.17) is 0 Å². The van der Waals surface area contributed by atoms with Gasteiger partial charge in [0.2, 0.25) is 15.9 Å². The molecule has 1 atom stereocenters. The molecule has 5 nitrogen and oxygen atoms in total. The third-order valence-corrected chi connectivity index (χ3v) is 6.72. The second kappa shape index (κ2) is 7.09. The van der Waals surface area contributed by atoms with Crippen LogP contribution >= 0.6 is 15.9 Å². The summed E-state index contributed by atoms with van der Waals surface area (Å²) in [5, 5.41) is 0. The zero-order valence-electron chi connectivity index (χ0n) is 14.3. The van der Waals surface area contributed by atoms with E-state index in [0.717, 1.165) is 38.6 Å². The van der Waals surface area contributed by atoms with Gasteiger partial charge in [-0.3, -0.25) is 4.79 Å². The first kappa shape index (κ1) is 19.0. The van der Waals surface area contributed by atoms with E-state index in [2.05, 4.69) is 15.9 Å². The number of carbonyl (C=O) groups excluding carboxylic acids is 1. The molecule has 1 unspecified atom stereocenters. The van der Waals surface area contributed by atoms with Crippen molar-refractivity contribution in [3.63, 3.8) is 0 Å². The molecule has 0 bridgehead atoms. The van der Waals surface area contributed by atoms with Gasteiger partial charge < -0.3 is 4.90 Å². The first-order valence-corrected chi connectivity index (χ1v) is 10.3. The van der Waals surface area contributed by atoms with Crippen LogP contribution in [0.3, 0.4) is 0 Å². The summed E-state index contributed by atoms with van der Waals surface area (Å²) in [6.45, 7) is 1.64. The molecule has 2 aromatic rings. The Hall–Kier alpha value is -1.77. The molecule has 26 heavy (non-hydrogen) atoms. The molecule has 1 aliphatic heterocycles. The Morgan fingerprint density at radius 1 is 1.27 bits per heavy atom. The van der Waals surface area contributed by atoms with Crippen molar-refractivity contribution in [2.24, 2.45) is 0 Å². The van der Waals surface area contributed by atoms with Crippen molar-refractivity contribution < 1.29 is 17.6 Å². The fraction of sp³-hybridized carbons (Fsp3) is 0.278. The number of carbonyl (C=O) groups is 1. The molecule has 1 amide bonds. The van der Waals surface area contributed by atoms with Crippen LogP contribution in [0.25, 0.3) is 0 Å². The zero-order valence-corrected chi connectivity index (χ0v) is 16.7. The van der Waals surface area contributed by atoms with Gasteiger partial charge in [-0.2, -0.15) is 4.31 Å². The lowest BCUT2D eigenvalue weighted by atomic mass is 10.1. The molecule has 0 aliphatic carbocycles. The first-order valence-electron chi connectivity index (χ1n) is 8.02. The van der Waals surface area contributed by atoms with Crippen LogP contribution in [-0.2, 0) is 21.2 Å². The molecule has 0 spiro atoms. The maximum absolute atomic E-state index is 13.0. The number of anilines is 1. The minimum Gasteiger partial charge on any atom is -0.308 e. The van der Waals surface area contributed by atoms with Crippen molar-refractivity contribution >= 4 is 37.5 Å². The lowest BCUT2D eigenvalue weighted by Gasteiger charge is -2.25. The van der Waals surface area contributed by atoms with Crippen LogP contribution in [0.2, 0.25) is 0 Å². The van der Waals surface area contributed by atoms with Gasteiger partial charge in [0.25, 0.3) is 0 Å². The van der Waals surface area contributed by atoms with E-state index >= 15 is 0 Å². The van der Waals surface area contributed by atoms with Crippen LogP contribution in [0, 0.1) is 5.82 Å². The van der Waals surface area contributed by atoms with Crippen molar-refractivity contribution in [1.82, 2.24) is 4.31 Å². The maximum atomic E-state index is 13.0. The smallest absolute Gasteiger partial charge is 0.243 e. The monoisotopic (exact) mass is 440 g/mol. The van der Waals surface area contributed by atoms with Crippen molar-refractivity contribution in [2.75, 3.05) is 18.5 Å². The standard InChI is InChI=1S/C18H18BrFN2O3S/c1-12-9-13-10-14(19)3-8-17(13)22(12)18(23)11-21(2)26(24,25)16-6-4-15(20)5-7-16/h3-8,10,12H,9,11H2,1-2H3. The summed E-state index contributed by atoms with van der Waals surface area (Å²) < 4.78 is 40.1. The quantitative estimate of drug-likeness (QED) is 0.733. The summed E-state index contributed by atoms with van der Waals surface area (Å²) in [4.78, 5) is 14.4. The first-order chi connectivity index (χ1) is 12.2. The molecule has 0 saturated heterocycles. The highest BCUT2D eigenvalue weighted by Crippen LogP contribution is 2.34. The van der Waals surface area contributed by atoms with Gasteiger partial charge in [0.05, 0.1) is 11.4 Å². The molecule has 0 fully saturated rings. The summed E-state index contributed by atoms with van der Waals surface area (Å²) in [5.41, 5.74) is 1.85.